The topological polar surface area (TPSA) is 144 Å². The number of carbonyl (C=O) groups excluding carboxylic acids is 3. The van der Waals surface area contributed by atoms with E-state index in [0.29, 0.717) is 29.9 Å². The molecule has 0 saturated carbocycles. The van der Waals surface area contributed by atoms with Crippen molar-refractivity contribution in [3.63, 3.8) is 0 Å². The molecule has 3 aromatic rings. The van der Waals surface area contributed by atoms with E-state index in [2.05, 4.69) is 15.3 Å². The van der Waals surface area contributed by atoms with Crippen LogP contribution in [0.15, 0.2) is 42.5 Å². The molecule has 0 bridgehead atoms. The van der Waals surface area contributed by atoms with Crippen molar-refractivity contribution in [3.05, 3.63) is 53.6 Å². The van der Waals surface area contributed by atoms with Crippen molar-refractivity contribution in [2.24, 2.45) is 5.92 Å². The largest absolute Gasteiger partial charge is 0.383 e. The van der Waals surface area contributed by atoms with Gasteiger partial charge in [-0.3, -0.25) is 9.59 Å². The number of benzene rings is 2. The molecule has 9 heteroatoms. The second-order valence-corrected chi connectivity index (χ2v) is 9.05. The van der Waals surface area contributed by atoms with Crippen molar-refractivity contribution >= 4 is 45.8 Å². The summed E-state index contributed by atoms with van der Waals surface area (Å²) in [6, 6.07) is 12.2. The van der Waals surface area contributed by atoms with Crippen LogP contribution in [0.3, 0.4) is 0 Å². The summed E-state index contributed by atoms with van der Waals surface area (Å²) in [7, 11) is 1.95. The van der Waals surface area contributed by atoms with Crippen LogP contribution in [0.25, 0.3) is 10.9 Å². The summed E-state index contributed by atoms with van der Waals surface area (Å²) in [5, 5.41) is 3.54. The molecule has 0 saturated heterocycles. The molecule has 9 nitrogen and oxygen atoms in total. The summed E-state index contributed by atoms with van der Waals surface area (Å²) in [6.45, 7) is 5.64. The van der Waals surface area contributed by atoms with Gasteiger partial charge in [-0.1, -0.05) is 19.9 Å². The van der Waals surface area contributed by atoms with Crippen LogP contribution in [0.4, 0.5) is 17.5 Å². The molecule has 0 fully saturated rings. The number of nitrogens with zero attached hydrogens (tertiary/aromatic N) is 3. The number of aromatic nitrogens is 2. The Kier molecular flexibility index (Phi) is 8.01. The van der Waals surface area contributed by atoms with Gasteiger partial charge in [0, 0.05) is 42.6 Å². The Bertz CT molecular complexity index is 1240. The quantitative estimate of drug-likeness (QED) is 0.405. The number of hydrogen-bond donors (Lipinski definition) is 3. The van der Waals surface area contributed by atoms with Crippen molar-refractivity contribution in [3.8, 4) is 0 Å². The number of nitrogens with one attached hydrogen (secondary N) is 1. The van der Waals surface area contributed by atoms with Crippen LogP contribution in [0.2, 0.25) is 0 Å². The molecule has 1 amide bonds. The summed E-state index contributed by atoms with van der Waals surface area (Å²) < 4.78 is 0. The number of nitrogen functional groups attached to an aromatic ring is 2. The number of nitrogens with two attached hydrogens (primary N) is 2. The Morgan fingerprint density at radius 2 is 1.71 bits per heavy atom. The van der Waals surface area contributed by atoms with Crippen LogP contribution in [0.1, 0.15) is 49.5 Å². The van der Waals surface area contributed by atoms with Gasteiger partial charge in [0.05, 0.1) is 11.6 Å². The highest BCUT2D eigenvalue weighted by molar-refractivity contribution is 5.98. The third-order valence-electron chi connectivity index (χ3n) is 5.80. The zero-order valence-corrected chi connectivity index (χ0v) is 20.5. The molecule has 1 atom stereocenters. The molecule has 2 aromatic carbocycles. The van der Waals surface area contributed by atoms with Crippen LogP contribution < -0.4 is 21.7 Å². The third kappa shape index (κ3) is 6.53. The van der Waals surface area contributed by atoms with E-state index in [-0.39, 0.29) is 35.8 Å². The first-order valence-corrected chi connectivity index (χ1v) is 11.5. The normalized spacial score (nSPS) is 11.9. The maximum atomic E-state index is 12.8. The molecule has 0 radical (unpaired) electrons. The lowest BCUT2D eigenvalue weighted by atomic mass is 9.96. The summed E-state index contributed by atoms with van der Waals surface area (Å²) in [5.74, 6) is -0.199. The van der Waals surface area contributed by atoms with Crippen LogP contribution in [0, 0.1) is 5.92 Å². The van der Waals surface area contributed by atoms with Crippen molar-refractivity contribution < 1.29 is 14.4 Å². The highest BCUT2D eigenvalue weighted by Crippen LogP contribution is 2.23. The number of fused-ring (bicyclic) bond motifs is 1. The summed E-state index contributed by atoms with van der Waals surface area (Å²) in [4.78, 5) is 46.9. The molecule has 0 unspecified atom stereocenters. The Morgan fingerprint density at radius 3 is 2.34 bits per heavy atom. The van der Waals surface area contributed by atoms with Gasteiger partial charge in [0.2, 0.25) is 5.95 Å². The van der Waals surface area contributed by atoms with Crippen molar-refractivity contribution in [2.75, 3.05) is 23.4 Å². The molecule has 1 aromatic heterocycles. The fourth-order valence-corrected chi connectivity index (χ4v) is 3.83. The van der Waals surface area contributed by atoms with Gasteiger partial charge in [-0.2, -0.15) is 4.98 Å². The molecule has 35 heavy (non-hydrogen) atoms. The van der Waals surface area contributed by atoms with Gasteiger partial charge in [0.25, 0.3) is 5.91 Å². The second kappa shape index (κ2) is 10.9. The van der Waals surface area contributed by atoms with E-state index < -0.39 is 6.04 Å². The number of carbonyl (C=O) groups is 3. The first-order chi connectivity index (χ1) is 16.5. The molecule has 1 heterocycles. The molecule has 0 aliphatic rings. The minimum atomic E-state index is -0.687. The molecule has 3 rings (SSSR count). The molecule has 0 aliphatic carbocycles. The first-order valence-electron chi connectivity index (χ1n) is 11.5. The van der Waals surface area contributed by atoms with Gasteiger partial charge in [0.15, 0.2) is 5.78 Å². The fraction of sp³-hybridized carbons (Fsp3) is 0.346. The number of ketones is 2. The highest BCUT2D eigenvalue weighted by atomic mass is 16.2. The minimum absolute atomic E-state index is 0.0149. The van der Waals surface area contributed by atoms with Gasteiger partial charge in [-0.15, -0.1) is 0 Å². The summed E-state index contributed by atoms with van der Waals surface area (Å²) in [5.41, 5.74) is 14.7. The van der Waals surface area contributed by atoms with Crippen LogP contribution >= 0.6 is 0 Å². The van der Waals surface area contributed by atoms with Crippen molar-refractivity contribution in [1.82, 2.24) is 15.3 Å². The number of rotatable bonds is 10. The zero-order valence-electron chi connectivity index (χ0n) is 20.5. The SMILES string of the molecule is CC(=O)CC[C@H](NC(=O)c1ccc(N(C)Cc2ccc3nc(N)nc(N)c3c2)cc1)C(=O)C(C)C. The monoisotopic (exact) mass is 476 g/mol. The smallest absolute Gasteiger partial charge is 0.251 e. The summed E-state index contributed by atoms with van der Waals surface area (Å²) in [6.07, 6.45) is 0.542. The highest BCUT2D eigenvalue weighted by Gasteiger charge is 2.24. The van der Waals surface area contributed by atoms with E-state index in [1.807, 2.05) is 42.3 Å². The van der Waals surface area contributed by atoms with E-state index in [1.54, 1.807) is 26.0 Å². The fourth-order valence-electron chi connectivity index (χ4n) is 3.83. The lowest BCUT2D eigenvalue weighted by molar-refractivity contribution is -0.124. The predicted molar refractivity (Wildman–Crippen MR) is 138 cm³/mol. The number of hydrogen-bond acceptors (Lipinski definition) is 8. The van der Waals surface area contributed by atoms with Gasteiger partial charge in [-0.25, -0.2) is 4.98 Å². The van der Waals surface area contributed by atoms with Crippen LogP contribution in [-0.2, 0) is 16.1 Å². The predicted octanol–water partition coefficient (Wildman–Crippen LogP) is 3.12. The molecule has 0 spiro atoms. The summed E-state index contributed by atoms with van der Waals surface area (Å²) >= 11 is 0. The lowest BCUT2D eigenvalue weighted by Gasteiger charge is -2.21. The Morgan fingerprint density at radius 1 is 1.03 bits per heavy atom. The Balaban J connectivity index is 1.69. The van der Waals surface area contributed by atoms with Crippen molar-refractivity contribution in [2.45, 2.75) is 46.2 Å². The van der Waals surface area contributed by atoms with E-state index >= 15 is 0 Å². The van der Waals surface area contributed by atoms with Gasteiger partial charge in [-0.05, 0) is 55.3 Å². The standard InChI is InChI=1S/C26H32N6O3/c1-15(2)23(34)22(11-5-16(3)33)29-25(35)18-7-9-19(10-8-18)32(4)14-17-6-12-21-20(13-17)24(27)31-26(28)30-21/h6-10,12-13,15,22H,5,11,14H2,1-4H3,(H,29,35)(H4,27,28,30,31)/t22-/m0/s1. The molecule has 0 aliphatic heterocycles. The molecule has 184 valence electrons. The van der Waals surface area contributed by atoms with E-state index in [1.165, 1.54) is 6.92 Å². The minimum Gasteiger partial charge on any atom is -0.383 e. The molecular weight excluding hydrogens is 444 g/mol. The number of amides is 1. The Labute approximate surface area is 204 Å². The first kappa shape index (κ1) is 25.6. The molecule has 5 N–H and O–H groups in total. The maximum absolute atomic E-state index is 12.8. The zero-order chi connectivity index (χ0) is 25.7. The maximum Gasteiger partial charge on any atom is 0.251 e. The van der Waals surface area contributed by atoms with Gasteiger partial charge in [0.1, 0.15) is 11.6 Å². The van der Waals surface area contributed by atoms with Crippen LogP contribution in [0.5, 0.6) is 0 Å². The third-order valence-corrected chi connectivity index (χ3v) is 5.80. The molecular formula is C26H32N6O3. The van der Waals surface area contributed by atoms with E-state index in [9.17, 15) is 14.4 Å². The van der Waals surface area contributed by atoms with E-state index in [0.717, 1.165) is 16.6 Å². The number of anilines is 3. The Hall–Kier alpha value is -4.01. The van der Waals surface area contributed by atoms with Crippen molar-refractivity contribution in [1.29, 1.82) is 0 Å². The number of Topliss-reactive ketones (excluding diaryl/α,β-unsaturated/α-hetero) is 2. The average molecular weight is 477 g/mol. The van der Waals surface area contributed by atoms with E-state index in [4.69, 9.17) is 11.5 Å². The van der Waals surface area contributed by atoms with Gasteiger partial charge < -0.3 is 26.5 Å². The van der Waals surface area contributed by atoms with Gasteiger partial charge >= 0.3 is 0 Å². The lowest BCUT2D eigenvalue weighted by Crippen LogP contribution is -2.43. The second-order valence-electron chi connectivity index (χ2n) is 9.05. The average Bonchev–Trinajstić information content (AvgIpc) is 2.81. The van der Waals surface area contributed by atoms with Crippen LogP contribution in [-0.4, -0.2) is 40.5 Å².